The normalized spacial score (nSPS) is 14.9. The van der Waals surface area contributed by atoms with Gasteiger partial charge in [-0.05, 0) is 59.0 Å². The van der Waals surface area contributed by atoms with Gasteiger partial charge in [0.25, 0.3) is 0 Å². The lowest BCUT2D eigenvalue weighted by molar-refractivity contribution is 0.824. The lowest BCUT2D eigenvalue weighted by Gasteiger charge is -2.18. The van der Waals surface area contributed by atoms with E-state index in [-0.39, 0.29) is 0 Å². The van der Waals surface area contributed by atoms with E-state index in [9.17, 15) is 0 Å². The molecule has 3 rings (SSSR count). The molecule has 1 aliphatic carbocycles. The van der Waals surface area contributed by atoms with Crippen molar-refractivity contribution >= 4 is 16.9 Å². The maximum Gasteiger partial charge on any atom is 0.0342 e. The fourth-order valence-corrected chi connectivity index (χ4v) is 3.07. The van der Waals surface area contributed by atoms with Gasteiger partial charge in [-0.2, -0.15) is 0 Å². The third kappa shape index (κ3) is 1.61. The maximum absolute atomic E-state index is 4.18. The highest BCUT2D eigenvalue weighted by atomic mass is 32.1. The molecule has 80 valence electrons. The summed E-state index contributed by atoms with van der Waals surface area (Å²) in [6.45, 7) is 4.18. The van der Waals surface area contributed by atoms with Gasteiger partial charge in [-0.1, -0.05) is 24.8 Å². The summed E-state index contributed by atoms with van der Waals surface area (Å²) in [6.07, 6.45) is 3.62. The van der Waals surface area contributed by atoms with Crippen LogP contribution in [-0.4, -0.2) is 0 Å². The molecule has 0 aliphatic heterocycles. The summed E-state index contributed by atoms with van der Waals surface area (Å²) in [5.74, 6) is 0. The fourth-order valence-electron chi connectivity index (χ4n) is 2.35. The van der Waals surface area contributed by atoms with Gasteiger partial charge in [-0.3, -0.25) is 0 Å². The number of thiophene rings is 1. The molecule has 1 aliphatic rings. The lowest BCUT2D eigenvalue weighted by atomic mass is 9.87. The number of fused-ring (bicyclic) bond motifs is 1. The summed E-state index contributed by atoms with van der Waals surface area (Å²) in [6, 6.07) is 11.1. The Labute approximate surface area is 100 Å². The highest BCUT2D eigenvalue weighted by molar-refractivity contribution is 7.13. The molecule has 1 aromatic heterocycles. The van der Waals surface area contributed by atoms with Crippen molar-refractivity contribution in [3.8, 4) is 10.4 Å². The Hall–Kier alpha value is -1.34. The van der Waals surface area contributed by atoms with Crippen molar-refractivity contribution in [1.29, 1.82) is 0 Å². The molecule has 1 heteroatoms. The van der Waals surface area contributed by atoms with Crippen molar-refractivity contribution in [3.05, 3.63) is 53.4 Å². The Kier molecular flexibility index (Phi) is 2.41. The van der Waals surface area contributed by atoms with E-state index < -0.39 is 0 Å². The number of rotatable bonds is 1. The van der Waals surface area contributed by atoms with Crippen LogP contribution in [-0.2, 0) is 6.42 Å². The van der Waals surface area contributed by atoms with Crippen LogP contribution in [0.1, 0.15) is 24.0 Å². The second-order valence-electron chi connectivity index (χ2n) is 4.31. The largest absolute Gasteiger partial charge is 0.144 e. The quantitative estimate of drug-likeness (QED) is 0.657. The van der Waals surface area contributed by atoms with E-state index >= 15 is 0 Å². The molecule has 1 heterocycles. The predicted molar refractivity (Wildman–Crippen MR) is 71.7 cm³/mol. The van der Waals surface area contributed by atoms with Gasteiger partial charge < -0.3 is 0 Å². The minimum atomic E-state index is 1.15. The molecule has 0 amide bonds. The van der Waals surface area contributed by atoms with Crippen LogP contribution in [0.5, 0.6) is 0 Å². The third-order valence-corrected chi connectivity index (χ3v) is 4.14. The molecule has 0 atom stereocenters. The molecular weight excluding hydrogens is 212 g/mol. The predicted octanol–water partition coefficient (Wildman–Crippen LogP) is 4.76. The summed E-state index contributed by atoms with van der Waals surface area (Å²) in [5.41, 5.74) is 5.49. The average Bonchev–Trinajstić information content (AvgIpc) is 2.83. The standard InChI is InChI=1S/C15H14S/c1-11-4-2-5-12-7-8-13(10-14(11)12)15-6-3-9-16-15/h3,6-10H,1-2,4-5H2. The Morgan fingerprint density at radius 3 is 2.88 bits per heavy atom. The van der Waals surface area contributed by atoms with E-state index in [2.05, 4.69) is 42.3 Å². The molecule has 0 unspecified atom stereocenters. The number of hydrogen-bond donors (Lipinski definition) is 0. The van der Waals surface area contributed by atoms with E-state index in [0.29, 0.717) is 0 Å². The molecule has 0 N–H and O–H groups in total. The Morgan fingerprint density at radius 2 is 2.06 bits per heavy atom. The molecule has 16 heavy (non-hydrogen) atoms. The van der Waals surface area contributed by atoms with E-state index in [1.165, 1.54) is 40.0 Å². The highest BCUT2D eigenvalue weighted by Gasteiger charge is 2.13. The van der Waals surface area contributed by atoms with Crippen molar-refractivity contribution in [2.24, 2.45) is 0 Å². The molecule has 1 aromatic carbocycles. The van der Waals surface area contributed by atoms with Gasteiger partial charge in [0.1, 0.15) is 0 Å². The van der Waals surface area contributed by atoms with Crippen molar-refractivity contribution in [3.63, 3.8) is 0 Å². The van der Waals surface area contributed by atoms with Crippen LogP contribution in [0.3, 0.4) is 0 Å². The number of benzene rings is 1. The molecule has 0 radical (unpaired) electrons. The smallest absolute Gasteiger partial charge is 0.0342 e. The Balaban J connectivity index is 2.11. The van der Waals surface area contributed by atoms with E-state index in [1.54, 1.807) is 11.3 Å². The summed E-state index contributed by atoms with van der Waals surface area (Å²) < 4.78 is 0. The second kappa shape index (κ2) is 3.91. The van der Waals surface area contributed by atoms with Crippen LogP contribution in [0.4, 0.5) is 0 Å². The first-order chi connectivity index (χ1) is 7.84. The third-order valence-electron chi connectivity index (χ3n) is 3.22. The minimum absolute atomic E-state index is 1.15. The summed E-state index contributed by atoms with van der Waals surface area (Å²) >= 11 is 1.80. The number of hydrogen-bond acceptors (Lipinski definition) is 1. The van der Waals surface area contributed by atoms with Crippen molar-refractivity contribution in [2.45, 2.75) is 19.3 Å². The minimum Gasteiger partial charge on any atom is -0.144 e. The fraction of sp³-hybridized carbons (Fsp3) is 0.200. The Bertz CT molecular complexity index is 520. The highest BCUT2D eigenvalue weighted by Crippen LogP contribution is 2.34. The molecule has 0 fully saturated rings. The number of aryl methyl sites for hydroxylation is 1. The SMILES string of the molecule is C=C1CCCc2ccc(-c3cccs3)cc21. The molecule has 2 aromatic rings. The van der Waals surface area contributed by atoms with Gasteiger partial charge in [0.2, 0.25) is 0 Å². The average molecular weight is 226 g/mol. The molecule has 0 saturated carbocycles. The first-order valence-corrected chi connectivity index (χ1v) is 6.57. The molecule has 0 saturated heterocycles. The van der Waals surface area contributed by atoms with Gasteiger partial charge in [0.05, 0.1) is 0 Å². The monoisotopic (exact) mass is 226 g/mol. The van der Waals surface area contributed by atoms with Gasteiger partial charge in [0, 0.05) is 4.88 Å². The van der Waals surface area contributed by atoms with E-state index in [0.717, 1.165) is 6.42 Å². The van der Waals surface area contributed by atoms with Crippen molar-refractivity contribution in [2.75, 3.05) is 0 Å². The maximum atomic E-state index is 4.18. The molecule has 0 nitrogen and oxygen atoms in total. The summed E-state index contributed by atoms with van der Waals surface area (Å²) in [4.78, 5) is 1.35. The van der Waals surface area contributed by atoms with Crippen LogP contribution < -0.4 is 0 Å². The molecular formula is C15H14S. The topological polar surface area (TPSA) is 0 Å². The van der Waals surface area contributed by atoms with Crippen LogP contribution in [0, 0.1) is 0 Å². The van der Waals surface area contributed by atoms with Gasteiger partial charge >= 0.3 is 0 Å². The number of allylic oxidation sites excluding steroid dienone is 1. The van der Waals surface area contributed by atoms with E-state index in [1.807, 2.05) is 0 Å². The second-order valence-corrected chi connectivity index (χ2v) is 5.25. The van der Waals surface area contributed by atoms with Crippen LogP contribution in [0.2, 0.25) is 0 Å². The summed E-state index contributed by atoms with van der Waals surface area (Å²) in [5, 5.41) is 2.13. The molecule has 0 bridgehead atoms. The first kappa shape index (κ1) is 9.86. The lowest BCUT2D eigenvalue weighted by Crippen LogP contribution is -2.00. The zero-order valence-corrected chi connectivity index (χ0v) is 10.0. The van der Waals surface area contributed by atoms with Gasteiger partial charge in [-0.15, -0.1) is 11.3 Å². The summed E-state index contributed by atoms with van der Waals surface area (Å²) in [7, 11) is 0. The van der Waals surface area contributed by atoms with Gasteiger partial charge in [-0.25, -0.2) is 0 Å². The first-order valence-electron chi connectivity index (χ1n) is 5.69. The van der Waals surface area contributed by atoms with Crippen LogP contribution >= 0.6 is 11.3 Å². The Morgan fingerprint density at radius 1 is 1.12 bits per heavy atom. The van der Waals surface area contributed by atoms with Crippen LogP contribution in [0.25, 0.3) is 16.0 Å². The molecule has 0 spiro atoms. The zero-order chi connectivity index (χ0) is 11.0. The zero-order valence-electron chi connectivity index (χ0n) is 9.20. The van der Waals surface area contributed by atoms with Crippen molar-refractivity contribution < 1.29 is 0 Å². The van der Waals surface area contributed by atoms with Crippen molar-refractivity contribution in [1.82, 2.24) is 0 Å². The van der Waals surface area contributed by atoms with E-state index in [4.69, 9.17) is 0 Å². The van der Waals surface area contributed by atoms with Gasteiger partial charge in [0.15, 0.2) is 0 Å². The van der Waals surface area contributed by atoms with Crippen LogP contribution in [0.15, 0.2) is 42.3 Å².